The molecule has 4 saturated heterocycles. The molecule has 4 nitrogen and oxygen atoms in total. The minimum atomic E-state index is -0.319. The molecule has 0 radical (unpaired) electrons. The summed E-state index contributed by atoms with van der Waals surface area (Å²) in [6.45, 7) is 2.19. The highest BCUT2D eigenvalue weighted by atomic mass is 16.3. The minimum absolute atomic E-state index is 0.126. The van der Waals surface area contributed by atoms with Gasteiger partial charge >= 0.3 is 0 Å². The molecule has 5 aliphatic heterocycles. The van der Waals surface area contributed by atoms with Gasteiger partial charge in [-0.2, -0.15) is 0 Å². The van der Waals surface area contributed by atoms with Gasteiger partial charge in [0.2, 0.25) is 0 Å². The second-order valence-electron chi connectivity index (χ2n) is 8.81. The average Bonchev–Trinajstić information content (AvgIpc) is 2.97. The van der Waals surface area contributed by atoms with Crippen molar-refractivity contribution >= 4 is 5.69 Å². The third-order valence-electron chi connectivity index (χ3n) is 8.46. The van der Waals surface area contributed by atoms with E-state index < -0.39 is 0 Å². The zero-order chi connectivity index (χ0) is 16.4. The topological polar surface area (TPSA) is 46.9 Å². The molecule has 1 aromatic rings. The Morgan fingerprint density at radius 2 is 2.00 bits per heavy atom. The zero-order valence-electron chi connectivity index (χ0n) is 14.3. The molecule has 7 rings (SSSR count). The van der Waals surface area contributed by atoms with Crippen molar-refractivity contribution in [2.45, 2.75) is 62.1 Å². The summed E-state index contributed by atoms with van der Waals surface area (Å²) in [7, 11) is 2.19. The van der Waals surface area contributed by atoms with E-state index in [1.807, 2.05) is 0 Å². The van der Waals surface area contributed by atoms with E-state index in [-0.39, 0.29) is 17.7 Å². The normalized spacial score (nSPS) is 55.8. The lowest BCUT2D eigenvalue weighted by molar-refractivity contribution is -0.211. The number of piperidine rings is 4. The molecule has 1 aromatic carbocycles. The van der Waals surface area contributed by atoms with Crippen molar-refractivity contribution < 1.29 is 10.2 Å². The largest absolute Gasteiger partial charge is 0.392 e. The van der Waals surface area contributed by atoms with Crippen molar-refractivity contribution in [3.8, 4) is 0 Å². The van der Waals surface area contributed by atoms with Gasteiger partial charge in [-0.15, -0.1) is 0 Å². The number of hydrogen-bond donors (Lipinski definition) is 2. The van der Waals surface area contributed by atoms with Gasteiger partial charge in [-0.1, -0.05) is 25.1 Å². The molecule has 128 valence electrons. The molecule has 4 heteroatoms. The molecule has 5 fully saturated rings. The molecule has 2 N–H and O–H groups in total. The van der Waals surface area contributed by atoms with Gasteiger partial charge in [-0.25, -0.2) is 0 Å². The van der Waals surface area contributed by atoms with Crippen LogP contribution in [0.5, 0.6) is 0 Å². The second kappa shape index (κ2) is 4.17. The maximum atomic E-state index is 11.6. The van der Waals surface area contributed by atoms with E-state index in [1.54, 1.807) is 0 Å². The Morgan fingerprint density at radius 3 is 2.79 bits per heavy atom. The summed E-state index contributed by atoms with van der Waals surface area (Å²) in [6, 6.07) is 9.70. The first-order valence-electron chi connectivity index (χ1n) is 9.57. The van der Waals surface area contributed by atoms with Crippen molar-refractivity contribution in [3.63, 3.8) is 0 Å². The van der Waals surface area contributed by atoms with E-state index in [9.17, 15) is 10.2 Å². The van der Waals surface area contributed by atoms with Crippen LogP contribution in [0.15, 0.2) is 24.3 Å². The number of anilines is 1. The third kappa shape index (κ3) is 1.20. The zero-order valence-corrected chi connectivity index (χ0v) is 14.3. The van der Waals surface area contributed by atoms with Gasteiger partial charge in [-0.3, -0.25) is 4.90 Å². The first-order chi connectivity index (χ1) is 11.6. The first kappa shape index (κ1) is 14.1. The summed E-state index contributed by atoms with van der Waals surface area (Å²) in [5.41, 5.74) is 2.51. The highest BCUT2D eigenvalue weighted by Gasteiger charge is 2.76. The number of aliphatic hydroxyl groups excluding tert-OH is 2. The van der Waals surface area contributed by atoms with Crippen LogP contribution in [0.4, 0.5) is 5.69 Å². The molecule has 1 spiro atoms. The molecule has 8 unspecified atom stereocenters. The van der Waals surface area contributed by atoms with Crippen LogP contribution in [0.1, 0.15) is 31.7 Å². The highest BCUT2D eigenvalue weighted by molar-refractivity contribution is 5.67. The fraction of sp³-hybridized carbons (Fsp3) is 0.700. The van der Waals surface area contributed by atoms with E-state index in [4.69, 9.17) is 0 Å². The first-order valence-corrected chi connectivity index (χ1v) is 9.57. The second-order valence-corrected chi connectivity index (χ2v) is 8.81. The van der Waals surface area contributed by atoms with Crippen LogP contribution in [0, 0.1) is 17.8 Å². The number of likely N-dealkylation sites (N-methyl/N-ethyl adjacent to an activating group) is 1. The number of benzene rings is 1. The van der Waals surface area contributed by atoms with Crippen molar-refractivity contribution in [3.05, 3.63) is 29.8 Å². The predicted molar refractivity (Wildman–Crippen MR) is 91.7 cm³/mol. The molecule has 10 atom stereocenters. The molecule has 24 heavy (non-hydrogen) atoms. The van der Waals surface area contributed by atoms with Crippen LogP contribution in [0.25, 0.3) is 0 Å². The summed E-state index contributed by atoms with van der Waals surface area (Å²) < 4.78 is 0. The Labute approximate surface area is 143 Å². The molecule has 1 saturated carbocycles. The number of nitrogens with zero attached hydrogens (tertiary/aromatic N) is 2. The Morgan fingerprint density at radius 1 is 1.21 bits per heavy atom. The Bertz CT molecular complexity index is 723. The summed E-state index contributed by atoms with van der Waals surface area (Å²) in [5, 5.41) is 22.6. The van der Waals surface area contributed by atoms with Gasteiger partial charge in [0.15, 0.2) is 0 Å². The van der Waals surface area contributed by atoms with Crippen LogP contribution in [-0.4, -0.2) is 52.6 Å². The van der Waals surface area contributed by atoms with E-state index in [2.05, 4.69) is 48.0 Å². The van der Waals surface area contributed by atoms with Crippen molar-refractivity contribution in [2.75, 3.05) is 11.9 Å². The lowest BCUT2D eigenvalue weighted by Gasteiger charge is -2.62. The summed E-state index contributed by atoms with van der Waals surface area (Å²) in [6.07, 6.45) is 2.56. The Hall–Kier alpha value is -1.10. The molecule has 0 aromatic heterocycles. The number of aliphatic hydroxyl groups is 2. The molecule has 6 aliphatic rings. The average molecular weight is 326 g/mol. The molecule has 0 amide bonds. The minimum Gasteiger partial charge on any atom is -0.392 e. The molecular formula is C20H26N2O2. The van der Waals surface area contributed by atoms with Gasteiger partial charge in [0.05, 0.1) is 12.1 Å². The van der Waals surface area contributed by atoms with Crippen LogP contribution in [0.3, 0.4) is 0 Å². The lowest BCUT2D eigenvalue weighted by atomic mass is 9.62. The molecular weight excluding hydrogens is 300 g/mol. The van der Waals surface area contributed by atoms with Gasteiger partial charge in [0, 0.05) is 42.1 Å². The maximum absolute atomic E-state index is 11.6. The van der Waals surface area contributed by atoms with Crippen molar-refractivity contribution in [2.24, 2.45) is 17.8 Å². The highest BCUT2D eigenvalue weighted by Crippen LogP contribution is 2.68. The summed E-state index contributed by atoms with van der Waals surface area (Å²) in [4.78, 5) is 4.83. The van der Waals surface area contributed by atoms with Gasteiger partial charge in [-0.05, 0) is 36.8 Å². The number of rotatable bonds is 1. The predicted octanol–water partition coefficient (Wildman–Crippen LogP) is 1.55. The SMILES string of the molecule is CCC1C2CC3[C@@H]4N(C)c5ccccc5C45CC(C2C5O)N3[C@@H]1O. The number of fused-ring (bicyclic) bond motifs is 2. The number of para-hydroxylation sites is 1. The van der Waals surface area contributed by atoms with Gasteiger partial charge < -0.3 is 15.1 Å². The van der Waals surface area contributed by atoms with Gasteiger partial charge in [0.25, 0.3) is 0 Å². The molecule has 5 bridgehead atoms. The smallest absolute Gasteiger partial charge is 0.111 e. The Balaban J connectivity index is 1.60. The van der Waals surface area contributed by atoms with Crippen LogP contribution >= 0.6 is 0 Å². The summed E-state index contributed by atoms with van der Waals surface area (Å²) in [5.74, 6) is 1.14. The Kier molecular flexibility index (Phi) is 2.45. The monoisotopic (exact) mass is 326 g/mol. The standard InChI is InChI=1S/C20H26N2O2/c1-3-10-11-8-14-17-20(12-6-4-5-7-13(12)21(17)2)9-15(16(11)18(20)23)22(14)19(10)24/h4-7,10-11,14-19,23-24H,3,8-9H2,1-2H3/t10?,11?,14?,15?,16?,17-,18?,19+,20?/m0/s1. The fourth-order valence-electron chi connectivity index (χ4n) is 7.88. The van der Waals surface area contributed by atoms with Crippen LogP contribution < -0.4 is 4.90 Å². The molecule has 1 aliphatic carbocycles. The number of hydrogen-bond acceptors (Lipinski definition) is 4. The van der Waals surface area contributed by atoms with Crippen molar-refractivity contribution in [1.82, 2.24) is 4.90 Å². The van der Waals surface area contributed by atoms with Crippen LogP contribution in [0.2, 0.25) is 0 Å². The van der Waals surface area contributed by atoms with Crippen molar-refractivity contribution in [1.29, 1.82) is 0 Å². The lowest BCUT2D eigenvalue weighted by Crippen LogP contribution is -2.72. The third-order valence-corrected chi connectivity index (χ3v) is 8.46. The van der Waals surface area contributed by atoms with E-state index in [0.29, 0.717) is 35.9 Å². The van der Waals surface area contributed by atoms with E-state index in [0.717, 1.165) is 19.3 Å². The van der Waals surface area contributed by atoms with E-state index in [1.165, 1.54) is 11.3 Å². The summed E-state index contributed by atoms with van der Waals surface area (Å²) >= 11 is 0. The van der Waals surface area contributed by atoms with Gasteiger partial charge in [0.1, 0.15) is 6.23 Å². The van der Waals surface area contributed by atoms with E-state index >= 15 is 0 Å². The quantitative estimate of drug-likeness (QED) is 0.822. The molecule has 5 heterocycles. The van der Waals surface area contributed by atoms with Crippen LogP contribution in [-0.2, 0) is 5.41 Å². The maximum Gasteiger partial charge on any atom is 0.111 e. The fourth-order valence-corrected chi connectivity index (χ4v) is 7.88.